The molecule has 1 aromatic carbocycles. The Kier molecular flexibility index (Phi) is 5.90. The molecule has 100 valence electrons. The fourth-order valence-electron chi connectivity index (χ4n) is 2.06. The van der Waals surface area contributed by atoms with E-state index in [-0.39, 0.29) is 11.5 Å². The van der Waals surface area contributed by atoms with Crippen molar-refractivity contribution in [2.24, 2.45) is 11.8 Å². The van der Waals surface area contributed by atoms with Gasteiger partial charge in [-0.05, 0) is 36.1 Å². The highest BCUT2D eigenvalue weighted by Gasteiger charge is 2.11. The van der Waals surface area contributed by atoms with E-state index >= 15 is 0 Å². The first kappa shape index (κ1) is 14.7. The third-order valence-electron chi connectivity index (χ3n) is 3.20. The van der Waals surface area contributed by atoms with Gasteiger partial charge in [-0.1, -0.05) is 40.0 Å². The van der Waals surface area contributed by atoms with Crippen LogP contribution in [-0.4, -0.2) is 10.9 Å². The molecule has 0 fully saturated rings. The molecule has 0 bridgehead atoms. The predicted molar refractivity (Wildman–Crippen MR) is 74.9 cm³/mol. The van der Waals surface area contributed by atoms with Crippen molar-refractivity contribution in [1.29, 1.82) is 0 Å². The number of ketones is 1. The Morgan fingerprint density at radius 2 is 1.72 bits per heavy atom. The fourth-order valence-corrected chi connectivity index (χ4v) is 2.06. The molecule has 2 nitrogen and oxygen atoms in total. The standard InChI is InChI=1S/C16H24O2/c1-12(2)5-4-6-13(3)11-16(18)14-7-9-15(17)10-8-14/h7-10,12-13,17H,4-6,11H2,1-3H3. The number of carbonyl (C=O) groups excluding carboxylic acids is 1. The average molecular weight is 248 g/mol. The van der Waals surface area contributed by atoms with Gasteiger partial charge < -0.3 is 5.11 Å². The van der Waals surface area contributed by atoms with Crippen molar-refractivity contribution in [1.82, 2.24) is 0 Å². The van der Waals surface area contributed by atoms with Crippen LogP contribution in [0.1, 0.15) is 56.8 Å². The van der Waals surface area contributed by atoms with Crippen molar-refractivity contribution in [3.8, 4) is 5.75 Å². The summed E-state index contributed by atoms with van der Waals surface area (Å²) in [6, 6.07) is 6.52. The Hall–Kier alpha value is -1.31. The maximum atomic E-state index is 12.0. The molecule has 18 heavy (non-hydrogen) atoms. The maximum Gasteiger partial charge on any atom is 0.163 e. The molecule has 1 aromatic rings. The molecule has 0 amide bonds. The van der Waals surface area contributed by atoms with Gasteiger partial charge in [0.1, 0.15) is 5.75 Å². The Bertz CT molecular complexity index is 365. The average Bonchev–Trinajstić information content (AvgIpc) is 2.29. The van der Waals surface area contributed by atoms with Crippen molar-refractivity contribution in [2.45, 2.75) is 46.5 Å². The van der Waals surface area contributed by atoms with E-state index in [2.05, 4.69) is 20.8 Å². The molecule has 0 aliphatic rings. The van der Waals surface area contributed by atoms with Crippen LogP contribution < -0.4 is 0 Å². The number of benzene rings is 1. The lowest BCUT2D eigenvalue weighted by Crippen LogP contribution is -2.06. The largest absolute Gasteiger partial charge is 0.508 e. The second-order valence-corrected chi connectivity index (χ2v) is 5.60. The molecular weight excluding hydrogens is 224 g/mol. The van der Waals surface area contributed by atoms with E-state index in [4.69, 9.17) is 0 Å². The lowest BCUT2D eigenvalue weighted by molar-refractivity contribution is 0.0962. The number of Topliss-reactive ketones (excluding diaryl/α,β-unsaturated/α-hetero) is 1. The van der Waals surface area contributed by atoms with Crippen LogP contribution in [0.5, 0.6) is 5.75 Å². The van der Waals surface area contributed by atoms with Crippen molar-refractivity contribution < 1.29 is 9.90 Å². The molecule has 0 spiro atoms. The lowest BCUT2D eigenvalue weighted by Gasteiger charge is -2.11. The first-order valence-electron chi connectivity index (χ1n) is 6.81. The van der Waals surface area contributed by atoms with Crippen LogP contribution in [0, 0.1) is 11.8 Å². The highest BCUT2D eigenvalue weighted by Crippen LogP contribution is 2.18. The van der Waals surface area contributed by atoms with Gasteiger partial charge in [0.05, 0.1) is 0 Å². The minimum absolute atomic E-state index is 0.173. The van der Waals surface area contributed by atoms with E-state index < -0.39 is 0 Å². The molecule has 0 saturated carbocycles. The van der Waals surface area contributed by atoms with Crippen LogP contribution >= 0.6 is 0 Å². The van der Waals surface area contributed by atoms with E-state index in [1.807, 2.05) is 0 Å². The van der Waals surface area contributed by atoms with Crippen LogP contribution in [0.3, 0.4) is 0 Å². The number of hydrogen-bond donors (Lipinski definition) is 1. The first-order valence-corrected chi connectivity index (χ1v) is 6.81. The van der Waals surface area contributed by atoms with E-state index in [0.717, 1.165) is 12.3 Å². The topological polar surface area (TPSA) is 37.3 Å². The number of rotatable bonds is 7. The zero-order valence-electron chi connectivity index (χ0n) is 11.6. The number of aromatic hydroxyl groups is 1. The monoisotopic (exact) mass is 248 g/mol. The number of hydrogen-bond acceptors (Lipinski definition) is 2. The maximum absolute atomic E-state index is 12.0. The second-order valence-electron chi connectivity index (χ2n) is 5.60. The van der Waals surface area contributed by atoms with E-state index in [1.165, 1.54) is 12.8 Å². The van der Waals surface area contributed by atoms with Gasteiger partial charge >= 0.3 is 0 Å². The minimum Gasteiger partial charge on any atom is -0.508 e. The molecule has 0 aromatic heterocycles. The first-order chi connectivity index (χ1) is 8.49. The number of phenols is 1. The van der Waals surface area contributed by atoms with Crippen molar-refractivity contribution in [2.75, 3.05) is 0 Å². The highest BCUT2D eigenvalue weighted by molar-refractivity contribution is 5.96. The van der Waals surface area contributed by atoms with Crippen molar-refractivity contribution in [3.63, 3.8) is 0 Å². The summed E-state index contributed by atoms with van der Waals surface area (Å²) < 4.78 is 0. The van der Waals surface area contributed by atoms with E-state index in [1.54, 1.807) is 24.3 Å². The van der Waals surface area contributed by atoms with Gasteiger partial charge in [-0.15, -0.1) is 0 Å². The molecular formula is C16H24O2. The van der Waals surface area contributed by atoms with Crippen LogP contribution in [-0.2, 0) is 0 Å². The SMILES string of the molecule is CC(C)CCCC(C)CC(=O)c1ccc(O)cc1. The molecule has 0 saturated heterocycles. The predicted octanol–water partition coefficient (Wildman–Crippen LogP) is 4.43. The van der Waals surface area contributed by atoms with Crippen molar-refractivity contribution >= 4 is 5.78 Å². The Labute approximate surface area is 110 Å². The number of carbonyl (C=O) groups is 1. The molecule has 0 radical (unpaired) electrons. The summed E-state index contributed by atoms with van der Waals surface area (Å²) in [5.41, 5.74) is 0.698. The van der Waals surface area contributed by atoms with Gasteiger partial charge in [0.2, 0.25) is 0 Å². The summed E-state index contributed by atoms with van der Waals surface area (Å²) in [5, 5.41) is 9.18. The summed E-state index contributed by atoms with van der Waals surface area (Å²) in [5.74, 6) is 1.55. The molecule has 2 heteroatoms. The second kappa shape index (κ2) is 7.20. The summed E-state index contributed by atoms with van der Waals surface area (Å²) >= 11 is 0. The number of phenolic OH excluding ortho intramolecular Hbond substituents is 1. The molecule has 1 N–H and O–H groups in total. The van der Waals surface area contributed by atoms with Gasteiger partial charge in [-0.3, -0.25) is 4.79 Å². The summed E-state index contributed by atoms with van der Waals surface area (Å²) in [4.78, 5) is 12.0. The molecule has 1 rings (SSSR count). The Balaban J connectivity index is 2.37. The third-order valence-corrected chi connectivity index (χ3v) is 3.20. The van der Waals surface area contributed by atoms with E-state index in [0.29, 0.717) is 17.9 Å². The molecule has 1 atom stereocenters. The highest BCUT2D eigenvalue weighted by atomic mass is 16.3. The summed E-state index contributed by atoms with van der Waals surface area (Å²) in [7, 11) is 0. The van der Waals surface area contributed by atoms with Gasteiger partial charge in [-0.25, -0.2) is 0 Å². The summed E-state index contributed by atoms with van der Waals surface area (Å²) in [6.45, 7) is 6.59. The molecule has 1 unspecified atom stereocenters. The zero-order valence-corrected chi connectivity index (χ0v) is 11.6. The van der Waals surface area contributed by atoms with Crippen molar-refractivity contribution in [3.05, 3.63) is 29.8 Å². The summed E-state index contributed by atoms with van der Waals surface area (Å²) in [6.07, 6.45) is 4.14. The van der Waals surface area contributed by atoms with Crippen LogP contribution in [0.2, 0.25) is 0 Å². The smallest absolute Gasteiger partial charge is 0.163 e. The Morgan fingerprint density at radius 3 is 2.28 bits per heavy atom. The van der Waals surface area contributed by atoms with Crippen LogP contribution in [0.25, 0.3) is 0 Å². The third kappa shape index (κ3) is 5.35. The van der Waals surface area contributed by atoms with Gasteiger partial charge in [0.25, 0.3) is 0 Å². The lowest BCUT2D eigenvalue weighted by atomic mass is 9.93. The minimum atomic E-state index is 0.173. The van der Waals surface area contributed by atoms with Gasteiger partial charge in [0.15, 0.2) is 5.78 Å². The normalized spacial score (nSPS) is 12.7. The van der Waals surface area contributed by atoms with Crippen LogP contribution in [0.4, 0.5) is 0 Å². The van der Waals surface area contributed by atoms with Gasteiger partial charge in [-0.2, -0.15) is 0 Å². The van der Waals surface area contributed by atoms with Gasteiger partial charge in [0, 0.05) is 12.0 Å². The molecule has 0 heterocycles. The molecule has 0 aliphatic heterocycles. The fraction of sp³-hybridized carbons (Fsp3) is 0.562. The Morgan fingerprint density at radius 1 is 1.11 bits per heavy atom. The zero-order chi connectivity index (χ0) is 13.5. The van der Waals surface area contributed by atoms with Crippen LogP contribution in [0.15, 0.2) is 24.3 Å². The van der Waals surface area contributed by atoms with E-state index in [9.17, 15) is 9.90 Å². The quantitative estimate of drug-likeness (QED) is 0.725. The molecule has 0 aliphatic carbocycles.